The van der Waals surface area contributed by atoms with E-state index in [1.807, 2.05) is 71.6 Å². The zero-order valence-electron chi connectivity index (χ0n) is 49.5. The van der Waals surface area contributed by atoms with Gasteiger partial charge >= 0.3 is 17.9 Å². The molecule has 5 rings (SSSR count). The Hall–Kier alpha value is -4.10. The number of likely N-dealkylation sites (N-methyl/N-ethyl adjacent to an activating group) is 2. The molecule has 1 unspecified atom stereocenters. The first kappa shape index (κ1) is 65.7. The molecule has 21 heteroatoms. The molecular weight excluding hydrogens is 1030 g/mol. The molecule has 1 aromatic carbocycles. The van der Waals surface area contributed by atoms with Gasteiger partial charge in [-0.2, -0.15) is 0 Å². The largest absolute Gasteiger partial charge is 0.499 e. The molecule has 3 aliphatic heterocycles. The number of aromatic nitrogens is 1. The monoisotopic (exact) mass is 1120 g/mol. The van der Waals surface area contributed by atoms with Crippen molar-refractivity contribution in [1.29, 1.82) is 0 Å². The van der Waals surface area contributed by atoms with E-state index in [1.54, 1.807) is 64.7 Å². The van der Waals surface area contributed by atoms with Gasteiger partial charge in [0.2, 0.25) is 5.43 Å². The minimum absolute atomic E-state index is 0.130. The van der Waals surface area contributed by atoms with Crippen LogP contribution in [0.2, 0.25) is 0 Å². The third-order valence-corrected chi connectivity index (χ3v) is 16.4. The summed E-state index contributed by atoms with van der Waals surface area (Å²) in [5.41, 5.74) is -4.02. The molecule has 0 saturated carbocycles. The summed E-state index contributed by atoms with van der Waals surface area (Å²) >= 11 is 0. The van der Waals surface area contributed by atoms with Gasteiger partial charge in [0, 0.05) is 64.2 Å². The number of esters is 2. The fraction of sp³-hybridized carbons (Fsp3) is 0.759. The van der Waals surface area contributed by atoms with Crippen molar-refractivity contribution < 1.29 is 82.2 Å². The van der Waals surface area contributed by atoms with Gasteiger partial charge in [-0.25, -0.2) is 4.79 Å². The summed E-state index contributed by atoms with van der Waals surface area (Å²) in [6, 6.07) is 4.45. The number of methoxy groups -OCH3 is 2. The van der Waals surface area contributed by atoms with Crippen LogP contribution in [0.5, 0.6) is 0 Å². The molecule has 3 saturated heterocycles. The second-order valence-corrected chi connectivity index (χ2v) is 23.3. The Kier molecular flexibility index (Phi) is 23.5. The Morgan fingerprint density at radius 3 is 2.25 bits per heavy atom. The number of hydrogen-bond acceptors (Lipinski definition) is 19. The third kappa shape index (κ3) is 16.1. The van der Waals surface area contributed by atoms with Crippen molar-refractivity contribution in [3.63, 3.8) is 0 Å². The van der Waals surface area contributed by atoms with E-state index in [4.69, 9.17) is 47.4 Å². The molecule has 0 amide bonds. The van der Waals surface area contributed by atoms with Gasteiger partial charge in [-0.1, -0.05) is 26.8 Å². The maximum atomic E-state index is 14.7. The quantitative estimate of drug-likeness (QED) is 0.0827. The molecule has 1 aromatic heterocycles. The first-order valence-electron chi connectivity index (χ1n) is 27.8. The summed E-state index contributed by atoms with van der Waals surface area (Å²) in [5, 5.41) is 46.6. The highest BCUT2D eigenvalue weighted by Gasteiger charge is 2.54. The molecule has 3 fully saturated rings. The number of carbonyl (C=O) groups is 3. The molecule has 2 aromatic rings. The number of carbonyl (C=O) groups excluding carboxylic acids is 2. The molecule has 21 nitrogen and oxygen atoms in total. The molecule has 448 valence electrons. The van der Waals surface area contributed by atoms with E-state index in [0.717, 1.165) is 5.56 Å². The fourth-order valence-electron chi connectivity index (χ4n) is 12.0. The van der Waals surface area contributed by atoms with Crippen LogP contribution in [0.4, 0.5) is 0 Å². The molecule has 0 spiro atoms. The average Bonchev–Trinajstić information content (AvgIpc) is 3.38. The SMILES string of the molecule is CC[C@H]1OC(=O)[C@H](C)[C@@H](O[C@H]2C[C@@](C)(OC)[C@@H](OCCOC=CCc3ccc4c(c3)c(=O)c(C(=O)O)cn4CCOC)[C@H](C)O2)[C@H](C)[C@@H](O[C@@H]2O[C@H](C)C[C@H](N(C)C)[C@H]2OC(C)=O)[C@](C)(O)C[C@@H](C)CN(C)[C@H](C)C(O)[C@]1(C)O. The molecule has 79 heavy (non-hydrogen) atoms. The lowest BCUT2D eigenvalue weighted by molar-refractivity contribution is -0.321. The van der Waals surface area contributed by atoms with E-state index in [0.29, 0.717) is 43.4 Å². The number of benzene rings is 1. The topological polar surface area (TPSA) is 253 Å². The number of pyridine rings is 1. The average molecular weight is 1120 g/mol. The summed E-state index contributed by atoms with van der Waals surface area (Å²) in [6.07, 6.45) is -3.26. The zero-order valence-corrected chi connectivity index (χ0v) is 49.5. The van der Waals surface area contributed by atoms with Crippen molar-refractivity contribution in [1.82, 2.24) is 14.4 Å². The smallest absolute Gasteiger partial charge is 0.341 e. The Bertz CT molecular complexity index is 2410. The van der Waals surface area contributed by atoms with Gasteiger partial charge in [-0.05, 0) is 125 Å². The lowest BCUT2D eigenvalue weighted by atomic mass is 9.77. The summed E-state index contributed by atoms with van der Waals surface area (Å²) in [7, 11) is 8.72. The molecule has 4 heterocycles. The van der Waals surface area contributed by atoms with Gasteiger partial charge < -0.3 is 82.2 Å². The van der Waals surface area contributed by atoms with E-state index in [1.165, 1.54) is 26.3 Å². The number of carboxylic acid groups (broad SMARTS) is 1. The van der Waals surface area contributed by atoms with Gasteiger partial charge in [0.15, 0.2) is 18.7 Å². The minimum Gasteiger partial charge on any atom is -0.499 e. The van der Waals surface area contributed by atoms with Crippen LogP contribution in [0.25, 0.3) is 10.9 Å². The minimum atomic E-state index is -1.87. The van der Waals surface area contributed by atoms with Gasteiger partial charge in [0.05, 0.1) is 72.6 Å². The molecule has 3 aliphatic rings. The number of carboxylic acids is 1. The number of fused-ring (bicyclic) bond motifs is 1. The van der Waals surface area contributed by atoms with E-state index >= 15 is 0 Å². The normalized spacial score (nSPS) is 36.7. The summed E-state index contributed by atoms with van der Waals surface area (Å²) in [4.78, 5) is 56.3. The zero-order chi connectivity index (χ0) is 58.9. The first-order valence-corrected chi connectivity index (χ1v) is 27.8. The van der Waals surface area contributed by atoms with Crippen LogP contribution >= 0.6 is 0 Å². The second kappa shape index (κ2) is 28.3. The van der Waals surface area contributed by atoms with Crippen molar-refractivity contribution in [2.45, 2.75) is 205 Å². The maximum absolute atomic E-state index is 14.7. The first-order chi connectivity index (χ1) is 37.0. The highest BCUT2D eigenvalue weighted by molar-refractivity contribution is 5.92. The number of hydrogen-bond donors (Lipinski definition) is 4. The molecule has 0 radical (unpaired) electrons. The Morgan fingerprint density at radius 1 is 0.937 bits per heavy atom. The maximum Gasteiger partial charge on any atom is 0.341 e. The fourth-order valence-corrected chi connectivity index (χ4v) is 12.0. The van der Waals surface area contributed by atoms with Crippen LogP contribution in [0.1, 0.15) is 118 Å². The van der Waals surface area contributed by atoms with Crippen LogP contribution in [0.15, 0.2) is 41.5 Å². The molecule has 0 aliphatic carbocycles. The number of aliphatic hydroxyl groups excluding tert-OH is 1. The van der Waals surface area contributed by atoms with Crippen LogP contribution in [0, 0.1) is 17.8 Å². The van der Waals surface area contributed by atoms with Gasteiger partial charge in [-0.3, -0.25) is 14.4 Å². The van der Waals surface area contributed by atoms with Crippen molar-refractivity contribution >= 4 is 28.8 Å². The standard InChI is InChI=1S/C58H93N3O18/c1-17-45-58(11,69)50(64)37(6)60(14)31-33(2)29-56(9,68)51(79-55-49(76-39(8)62)44(59(12)13)27-34(3)74-55)35(4)48(36(5)54(67)77-45)78-46-30-57(10,71-16)52(38(7)75-46)73-26-25-72-23-18-19-40-20-21-43-41(28-40)47(63)42(53(65)66)32-61(43)22-24-70-15/h18,20-21,23,28,32-38,44-46,48-52,55,64,68-69H,17,19,22,24-27,29-31H2,1-16H3,(H,65,66)/t33-,34-,35+,36-,37-,38+,44+,45-,46+,48+,49-,50?,51-,52+,55+,56-,57-,58-/m1/s1. The summed E-state index contributed by atoms with van der Waals surface area (Å²) in [6.45, 7) is 20.5. The van der Waals surface area contributed by atoms with Crippen molar-refractivity contribution in [2.24, 2.45) is 17.8 Å². The number of ether oxygens (including phenoxy) is 10. The second-order valence-electron chi connectivity index (χ2n) is 23.3. The van der Waals surface area contributed by atoms with E-state index in [2.05, 4.69) is 0 Å². The number of aliphatic hydroxyl groups is 3. The lowest BCUT2D eigenvalue weighted by Gasteiger charge is -2.49. The highest BCUT2D eigenvalue weighted by atomic mass is 16.7. The van der Waals surface area contributed by atoms with Crippen LogP contribution in [-0.4, -0.2) is 205 Å². The van der Waals surface area contributed by atoms with E-state index in [9.17, 15) is 39.6 Å². The van der Waals surface area contributed by atoms with E-state index in [-0.39, 0.29) is 56.1 Å². The molecular formula is C58H93N3O18. The number of nitrogens with zero attached hydrogens (tertiary/aromatic N) is 3. The predicted molar refractivity (Wildman–Crippen MR) is 293 cm³/mol. The Balaban J connectivity index is 1.40. The van der Waals surface area contributed by atoms with Crippen LogP contribution < -0.4 is 5.43 Å². The Morgan fingerprint density at radius 2 is 1.63 bits per heavy atom. The van der Waals surface area contributed by atoms with Crippen LogP contribution in [0.3, 0.4) is 0 Å². The third-order valence-electron chi connectivity index (χ3n) is 16.4. The summed E-state index contributed by atoms with van der Waals surface area (Å²) in [5.74, 6) is -4.70. The summed E-state index contributed by atoms with van der Waals surface area (Å²) < 4.78 is 64.5. The number of allylic oxidation sites excluding steroid dienone is 1. The predicted octanol–water partition coefficient (Wildman–Crippen LogP) is 4.93. The molecule has 4 N–H and O–H groups in total. The van der Waals surface area contributed by atoms with Gasteiger partial charge in [-0.15, -0.1) is 0 Å². The van der Waals surface area contributed by atoms with Crippen molar-refractivity contribution in [2.75, 3.05) is 61.7 Å². The number of cyclic esters (lactones) is 1. The molecule has 0 bridgehead atoms. The van der Waals surface area contributed by atoms with Crippen LogP contribution in [-0.2, 0) is 69.9 Å². The van der Waals surface area contributed by atoms with Crippen molar-refractivity contribution in [3.8, 4) is 0 Å². The highest BCUT2D eigenvalue weighted by Crippen LogP contribution is 2.41. The lowest BCUT2D eigenvalue weighted by Crippen LogP contribution is -2.61. The van der Waals surface area contributed by atoms with E-state index < -0.39 is 113 Å². The number of rotatable bonds is 19. The number of aromatic carboxylic acids is 1. The Labute approximate surface area is 466 Å². The van der Waals surface area contributed by atoms with Crippen molar-refractivity contribution in [3.05, 3.63) is 58.1 Å². The van der Waals surface area contributed by atoms with Gasteiger partial charge in [0.25, 0.3) is 0 Å². The van der Waals surface area contributed by atoms with Gasteiger partial charge in [0.1, 0.15) is 36.1 Å². The molecule has 18 atom stereocenters.